The van der Waals surface area contributed by atoms with E-state index in [1.165, 1.54) is 6.92 Å². The van der Waals surface area contributed by atoms with Crippen LogP contribution in [0.4, 0.5) is 0 Å². The molecule has 0 aromatic rings. The van der Waals surface area contributed by atoms with Gasteiger partial charge < -0.3 is 14.9 Å². The summed E-state index contributed by atoms with van der Waals surface area (Å²) in [4.78, 5) is 38.2. The molecule has 2 rings (SSSR count). The van der Waals surface area contributed by atoms with Gasteiger partial charge in [0.2, 0.25) is 11.8 Å². The monoisotopic (exact) mass is 286 g/mol. The van der Waals surface area contributed by atoms with Crippen LogP contribution >= 0.6 is 11.8 Å². The van der Waals surface area contributed by atoms with E-state index < -0.39 is 17.4 Å². The van der Waals surface area contributed by atoms with Crippen molar-refractivity contribution in [1.29, 1.82) is 0 Å². The first-order valence-electron chi connectivity index (χ1n) is 6.22. The maximum atomic E-state index is 12.4. The maximum Gasteiger partial charge on any atom is 0.311 e. The molecule has 0 radical (unpaired) electrons. The Morgan fingerprint density at radius 2 is 2.05 bits per heavy atom. The minimum Gasteiger partial charge on any atom is -0.481 e. The second-order valence-electron chi connectivity index (χ2n) is 5.38. The summed E-state index contributed by atoms with van der Waals surface area (Å²) in [6, 6.07) is -0.432. The van der Waals surface area contributed by atoms with Crippen molar-refractivity contribution in [3.05, 3.63) is 0 Å². The van der Waals surface area contributed by atoms with Crippen molar-refractivity contribution in [2.45, 2.75) is 26.3 Å². The van der Waals surface area contributed by atoms with Gasteiger partial charge in [-0.25, -0.2) is 0 Å². The number of nitrogens with zero attached hydrogens (tertiary/aromatic N) is 2. The SMILES string of the molecule is CC(=O)N1CSC[C@H]1C(=O)N1CC[C@](C)(C(=O)O)C1. The van der Waals surface area contributed by atoms with E-state index >= 15 is 0 Å². The number of thioether (sulfide) groups is 1. The zero-order valence-corrected chi connectivity index (χ0v) is 11.9. The molecule has 1 N–H and O–H groups in total. The summed E-state index contributed by atoms with van der Waals surface area (Å²) in [5.41, 5.74) is -0.859. The topological polar surface area (TPSA) is 77.9 Å². The molecule has 0 aromatic heterocycles. The summed E-state index contributed by atoms with van der Waals surface area (Å²) < 4.78 is 0. The number of carboxylic acids is 1. The van der Waals surface area contributed by atoms with Crippen molar-refractivity contribution in [2.75, 3.05) is 24.7 Å². The molecule has 2 amide bonds. The van der Waals surface area contributed by atoms with Crippen LogP contribution in [-0.4, -0.2) is 63.5 Å². The van der Waals surface area contributed by atoms with Gasteiger partial charge in [0.1, 0.15) is 6.04 Å². The third-order valence-electron chi connectivity index (χ3n) is 3.87. The molecule has 2 fully saturated rings. The Balaban J connectivity index is 2.06. The van der Waals surface area contributed by atoms with Gasteiger partial charge in [-0.3, -0.25) is 14.4 Å². The van der Waals surface area contributed by atoms with E-state index in [9.17, 15) is 19.5 Å². The predicted octanol–water partition coefficient (Wildman–Crippen LogP) is 0.231. The molecule has 2 atom stereocenters. The normalized spacial score (nSPS) is 30.7. The van der Waals surface area contributed by atoms with Gasteiger partial charge in [-0.2, -0.15) is 0 Å². The van der Waals surface area contributed by atoms with Crippen molar-refractivity contribution in [3.63, 3.8) is 0 Å². The first-order chi connectivity index (χ1) is 8.85. The van der Waals surface area contributed by atoms with E-state index in [0.29, 0.717) is 24.6 Å². The minimum atomic E-state index is -0.868. The van der Waals surface area contributed by atoms with Gasteiger partial charge >= 0.3 is 5.97 Å². The highest BCUT2D eigenvalue weighted by Gasteiger charge is 2.45. The molecule has 6 nitrogen and oxygen atoms in total. The second-order valence-corrected chi connectivity index (χ2v) is 6.38. The van der Waals surface area contributed by atoms with Gasteiger partial charge in [-0.15, -0.1) is 11.8 Å². The standard InChI is InChI=1S/C12H18N2O4S/c1-8(15)14-7-19-5-9(14)10(16)13-4-3-12(2,6-13)11(17)18/h9H,3-7H2,1-2H3,(H,17,18)/t9-,12-/m0/s1. The predicted molar refractivity (Wildman–Crippen MR) is 70.6 cm³/mol. The summed E-state index contributed by atoms with van der Waals surface area (Å²) in [6.07, 6.45) is 0.466. The molecule has 0 unspecified atom stereocenters. The number of carbonyl (C=O) groups excluding carboxylic acids is 2. The number of rotatable bonds is 2. The smallest absolute Gasteiger partial charge is 0.311 e. The highest BCUT2D eigenvalue weighted by molar-refractivity contribution is 7.99. The summed E-state index contributed by atoms with van der Waals surface area (Å²) in [6.45, 7) is 3.80. The van der Waals surface area contributed by atoms with Crippen LogP contribution in [0.1, 0.15) is 20.3 Å². The average Bonchev–Trinajstić information content (AvgIpc) is 2.95. The molecule has 2 aliphatic heterocycles. The molecule has 0 aromatic carbocycles. The Kier molecular flexibility index (Phi) is 3.75. The van der Waals surface area contributed by atoms with Crippen molar-refractivity contribution in [3.8, 4) is 0 Å². The van der Waals surface area contributed by atoms with E-state index in [1.807, 2.05) is 0 Å². The number of likely N-dealkylation sites (tertiary alicyclic amines) is 1. The first kappa shape index (κ1) is 14.2. The van der Waals surface area contributed by atoms with Crippen LogP contribution < -0.4 is 0 Å². The summed E-state index contributed by atoms with van der Waals surface area (Å²) >= 11 is 1.55. The Labute approximate surface area is 116 Å². The molecule has 0 aliphatic carbocycles. The molecule has 106 valence electrons. The lowest BCUT2D eigenvalue weighted by Gasteiger charge is -2.27. The lowest BCUT2D eigenvalue weighted by molar-refractivity contribution is -0.148. The number of hydrogen-bond acceptors (Lipinski definition) is 4. The summed E-state index contributed by atoms with van der Waals surface area (Å²) in [5.74, 6) is 0.0369. The Morgan fingerprint density at radius 3 is 2.58 bits per heavy atom. The molecule has 0 spiro atoms. The van der Waals surface area contributed by atoms with Crippen LogP contribution in [0.2, 0.25) is 0 Å². The summed E-state index contributed by atoms with van der Waals surface area (Å²) in [5, 5.41) is 9.17. The third kappa shape index (κ3) is 2.56. The fourth-order valence-electron chi connectivity index (χ4n) is 2.49. The van der Waals surface area contributed by atoms with Gasteiger partial charge in [-0.05, 0) is 13.3 Å². The lowest BCUT2D eigenvalue weighted by atomic mass is 9.90. The Morgan fingerprint density at radius 1 is 1.37 bits per heavy atom. The molecule has 7 heteroatoms. The van der Waals surface area contributed by atoms with Crippen molar-refractivity contribution >= 4 is 29.5 Å². The lowest BCUT2D eigenvalue weighted by Crippen LogP contribution is -2.48. The number of carbonyl (C=O) groups is 3. The van der Waals surface area contributed by atoms with Crippen LogP contribution in [-0.2, 0) is 14.4 Å². The van der Waals surface area contributed by atoms with E-state index in [1.54, 1.807) is 28.5 Å². The molecule has 0 bridgehead atoms. The number of amides is 2. The van der Waals surface area contributed by atoms with Crippen LogP contribution in [0.5, 0.6) is 0 Å². The molecule has 0 saturated carbocycles. The van der Waals surface area contributed by atoms with E-state index in [0.717, 1.165) is 0 Å². The van der Waals surface area contributed by atoms with Crippen molar-refractivity contribution in [1.82, 2.24) is 9.80 Å². The van der Waals surface area contributed by atoms with Crippen molar-refractivity contribution < 1.29 is 19.5 Å². The van der Waals surface area contributed by atoms with Gasteiger partial charge in [-0.1, -0.05) is 0 Å². The van der Waals surface area contributed by atoms with E-state index in [4.69, 9.17) is 0 Å². The Hall–Kier alpha value is -1.24. The third-order valence-corrected chi connectivity index (χ3v) is 4.89. The fourth-order valence-corrected chi connectivity index (χ4v) is 3.70. The molecular formula is C12H18N2O4S. The van der Waals surface area contributed by atoms with Gasteiger partial charge in [0, 0.05) is 25.8 Å². The zero-order chi connectivity index (χ0) is 14.2. The molecule has 2 aliphatic rings. The van der Waals surface area contributed by atoms with Crippen LogP contribution in [0.15, 0.2) is 0 Å². The van der Waals surface area contributed by atoms with Gasteiger partial charge in [0.15, 0.2) is 0 Å². The maximum absolute atomic E-state index is 12.4. The Bertz CT molecular complexity index is 428. The first-order valence-corrected chi connectivity index (χ1v) is 7.38. The molecular weight excluding hydrogens is 268 g/mol. The fraction of sp³-hybridized carbons (Fsp3) is 0.750. The second kappa shape index (κ2) is 5.03. The van der Waals surface area contributed by atoms with Crippen LogP contribution in [0.25, 0.3) is 0 Å². The summed E-state index contributed by atoms with van der Waals surface area (Å²) in [7, 11) is 0. The number of carboxylic acid groups (broad SMARTS) is 1. The van der Waals surface area contributed by atoms with Gasteiger partial charge in [0.25, 0.3) is 0 Å². The number of hydrogen-bond donors (Lipinski definition) is 1. The zero-order valence-electron chi connectivity index (χ0n) is 11.1. The molecule has 2 saturated heterocycles. The van der Waals surface area contributed by atoms with Gasteiger partial charge in [0.05, 0.1) is 11.3 Å². The van der Waals surface area contributed by atoms with E-state index in [-0.39, 0.29) is 18.4 Å². The average molecular weight is 286 g/mol. The van der Waals surface area contributed by atoms with E-state index in [2.05, 4.69) is 0 Å². The molecule has 19 heavy (non-hydrogen) atoms. The largest absolute Gasteiger partial charge is 0.481 e. The van der Waals surface area contributed by atoms with Crippen LogP contribution in [0, 0.1) is 5.41 Å². The highest BCUT2D eigenvalue weighted by atomic mass is 32.2. The quantitative estimate of drug-likeness (QED) is 0.786. The van der Waals surface area contributed by atoms with Crippen molar-refractivity contribution in [2.24, 2.45) is 5.41 Å². The number of aliphatic carboxylic acids is 1. The highest BCUT2D eigenvalue weighted by Crippen LogP contribution is 2.32. The minimum absolute atomic E-state index is 0.108. The molecule has 2 heterocycles. The van der Waals surface area contributed by atoms with Crippen LogP contribution in [0.3, 0.4) is 0 Å².